The van der Waals surface area contributed by atoms with Gasteiger partial charge in [0.15, 0.2) is 5.17 Å². The number of halogens is 1. The number of thiophene rings is 1. The van der Waals surface area contributed by atoms with Crippen LogP contribution in [0.3, 0.4) is 0 Å². The summed E-state index contributed by atoms with van der Waals surface area (Å²) in [6.45, 7) is 5.75. The zero-order valence-electron chi connectivity index (χ0n) is 17.1. The molecular weight excluding hydrogens is 442 g/mol. The number of methoxy groups -OCH3 is 1. The van der Waals surface area contributed by atoms with Gasteiger partial charge in [0.25, 0.3) is 5.91 Å². The number of rotatable bonds is 5. The second kappa shape index (κ2) is 9.24. The minimum absolute atomic E-state index is 0.133. The van der Waals surface area contributed by atoms with E-state index in [1.165, 1.54) is 35.1 Å². The highest BCUT2D eigenvalue weighted by molar-refractivity contribution is 8.14. The highest BCUT2D eigenvalue weighted by Crippen LogP contribution is 2.34. The summed E-state index contributed by atoms with van der Waals surface area (Å²) in [5.41, 5.74) is 0.532. The smallest absolute Gasteiger partial charge is 0.283 e. The Morgan fingerprint density at radius 2 is 2.13 bits per heavy atom. The largest absolute Gasteiger partial charge is 0.495 e. The number of nitrogens with zero attached hydrogens (tertiary/aromatic N) is 2. The molecule has 158 valence electrons. The number of thioether (sulfide) groups is 1. The molecule has 30 heavy (non-hydrogen) atoms. The monoisotopic (exact) mass is 463 g/mol. The normalized spacial score (nSPS) is 15.5. The number of ether oxygens (including phenoxy) is 1. The molecule has 0 unspecified atom stereocenters. The number of hydrogen-bond acceptors (Lipinski definition) is 6. The summed E-state index contributed by atoms with van der Waals surface area (Å²) in [4.78, 5) is 32.3. The van der Waals surface area contributed by atoms with Crippen molar-refractivity contribution in [3.05, 3.63) is 51.3 Å². The van der Waals surface area contributed by atoms with Crippen molar-refractivity contribution in [2.45, 2.75) is 26.3 Å². The van der Waals surface area contributed by atoms with Crippen LogP contribution in [0, 0.1) is 0 Å². The van der Waals surface area contributed by atoms with Crippen LogP contribution < -0.4 is 15.0 Å². The SMILES string of the molecule is COc1ccc(N2C(=O)/C(=C\c3cccs3)N=C2SCC(=O)NC(C)(C)C)cc1Cl. The first-order valence-corrected chi connectivity index (χ1v) is 11.4. The van der Waals surface area contributed by atoms with E-state index in [-0.39, 0.29) is 23.1 Å². The Bertz CT molecular complexity index is 1010. The molecule has 0 bridgehead atoms. The molecule has 0 atom stereocenters. The van der Waals surface area contributed by atoms with Gasteiger partial charge in [-0.05, 0) is 56.5 Å². The third kappa shape index (κ3) is 5.44. The van der Waals surface area contributed by atoms with Gasteiger partial charge in [0.1, 0.15) is 11.4 Å². The lowest BCUT2D eigenvalue weighted by molar-refractivity contribution is -0.120. The molecule has 0 fully saturated rings. The fraction of sp³-hybridized carbons (Fsp3) is 0.286. The number of carbonyl (C=O) groups excluding carboxylic acids is 2. The van der Waals surface area contributed by atoms with Crippen LogP contribution in [0.1, 0.15) is 25.6 Å². The molecule has 2 aromatic rings. The Morgan fingerprint density at radius 1 is 1.37 bits per heavy atom. The minimum atomic E-state index is -0.335. The molecule has 2 heterocycles. The van der Waals surface area contributed by atoms with Gasteiger partial charge < -0.3 is 10.1 Å². The van der Waals surface area contributed by atoms with Crippen molar-refractivity contribution in [2.75, 3.05) is 17.8 Å². The number of amidine groups is 1. The van der Waals surface area contributed by atoms with E-state index in [2.05, 4.69) is 10.3 Å². The van der Waals surface area contributed by atoms with E-state index in [9.17, 15) is 9.59 Å². The Labute approximate surface area is 189 Å². The van der Waals surface area contributed by atoms with E-state index in [0.717, 1.165) is 4.88 Å². The fourth-order valence-electron chi connectivity index (χ4n) is 2.71. The number of hydrogen-bond donors (Lipinski definition) is 1. The first-order valence-electron chi connectivity index (χ1n) is 9.13. The maximum Gasteiger partial charge on any atom is 0.283 e. The average Bonchev–Trinajstić information content (AvgIpc) is 3.27. The molecule has 0 spiro atoms. The lowest BCUT2D eigenvalue weighted by Crippen LogP contribution is -2.42. The van der Waals surface area contributed by atoms with E-state index in [4.69, 9.17) is 16.3 Å². The second-order valence-electron chi connectivity index (χ2n) is 7.49. The third-order valence-corrected chi connectivity index (χ3v) is 5.95. The molecule has 3 rings (SSSR count). The van der Waals surface area contributed by atoms with Crippen LogP contribution in [-0.4, -0.2) is 35.4 Å². The highest BCUT2D eigenvalue weighted by atomic mass is 35.5. The number of benzene rings is 1. The second-order valence-corrected chi connectivity index (χ2v) is 9.81. The molecule has 1 aromatic carbocycles. The van der Waals surface area contributed by atoms with Gasteiger partial charge >= 0.3 is 0 Å². The fourth-order valence-corrected chi connectivity index (χ4v) is 4.42. The lowest BCUT2D eigenvalue weighted by atomic mass is 10.1. The van der Waals surface area contributed by atoms with Gasteiger partial charge in [0, 0.05) is 10.4 Å². The lowest BCUT2D eigenvalue weighted by Gasteiger charge is -2.21. The molecular formula is C21H22ClN3O3S2. The van der Waals surface area contributed by atoms with Crippen molar-refractivity contribution in [1.29, 1.82) is 0 Å². The Morgan fingerprint density at radius 3 is 2.73 bits per heavy atom. The summed E-state index contributed by atoms with van der Waals surface area (Å²) in [5, 5.41) is 5.65. The zero-order valence-corrected chi connectivity index (χ0v) is 19.5. The minimum Gasteiger partial charge on any atom is -0.495 e. The summed E-state index contributed by atoms with van der Waals surface area (Å²) < 4.78 is 5.20. The van der Waals surface area contributed by atoms with E-state index in [0.29, 0.717) is 27.3 Å². The molecule has 2 amide bonds. The predicted octanol–water partition coefficient (Wildman–Crippen LogP) is 4.80. The Kier molecular flexibility index (Phi) is 6.90. The highest BCUT2D eigenvalue weighted by Gasteiger charge is 2.33. The van der Waals surface area contributed by atoms with Crippen molar-refractivity contribution in [3.63, 3.8) is 0 Å². The van der Waals surface area contributed by atoms with Crippen molar-refractivity contribution in [1.82, 2.24) is 5.32 Å². The zero-order chi connectivity index (χ0) is 21.9. The molecule has 0 aliphatic carbocycles. The molecule has 1 N–H and O–H groups in total. The molecule has 1 aliphatic heterocycles. The van der Waals surface area contributed by atoms with Crippen molar-refractivity contribution in [3.8, 4) is 5.75 Å². The van der Waals surface area contributed by atoms with Crippen molar-refractivity contribution in [2.24, 2.45) is 4.99 Å². The van der Waals surface area contributed by atoms with Crippen molar-refractivity contribution < 1.29 is 14.3 Å². The maximum absolute atomic E-state index is 13.1. The van der Waals surface area contributed by atoms with Crippen molar-refractivity contribution >= 4 is 63.4 Å². The van der Waals surface area contributed by atoms with Gasteiger partial charge in [-0.1, -0.05) is 29.4 Å². The number of aliphatic imine (C=N–C) groups is 1. The van der Waals surface area contributed by atoms with E-state index >= 15 is 0 Å². The number of amides is 2. The molecule has 0 saturated heterocycles. The number of anilines is 1. The van der Waals surface area contributed by atoms with E-state index in [1.54, 1.807) is 24.3 Å². The van der Waals surface area contributed by atoms with E-state index in [1.807, 2.05) is 38.3 Å². The Hall–Kier alpha value is -2.29. The van der Waals surface area contributed by atoms with Gasteiger partial charge in [0.2, 0.25) is 5.91 Å². The van der Waals surface area contributed by atoms with Crippen LogP contribution in [0.2, 0.25) is 5.02 Å². The average molecular weight is 464 g/mol. The molecule has 0 radical (unpaired) electrons. The van der Waals surface area contributed by atoms with Gasteiger partial charge in [-0.2, -0.15) is 0 Å². The van der Waals surface area contributed by atoms with Crippen LogP contribution >= 0.6 is 34.7 Å². The molecule has 1 aromatic heterocycles. The third-order valence-electron chi connectivity index (χ3n) is 3.89. The van der Waals surface area contributed by atoms with Crippen LogP contribution in [0.15, 0.2) is 46.4 Å². The predicted molar refractivity (Wildman–Crippen MR) is 126 cm³/mol. The molecule has 9 heteroatoms. The number of nitrogens with one attached hydrogen (secondary N) is 1. The molecule has 1 aliphatic rings. The summed E-state index contributed by atoms with van der Waals surface area (Å²) in [6, 6.07) is 8.91. The number of carbonyl (C=O) groups is 2. The van der Waals surface area contributed by atoms with Crippen LogP contribution in [0.5, 0.6) is 5.75 Å². The summed E-state index contributed by atoms with van der Waals surface area (Å²) in [7, 11) is 1.53. The van der Waals surface area contributed by atoms with Crippen LogP contribution in [0.4, 0.5) is 5.69 Å². The Balaban J connectivity index is 1.90. The molecule has 0 saturated carbocycles. The van der Waals surface area contributed by atoms with Gasteiger partial charge in [-0.25, -0.2) is 4.99 Å². The molecule has 6 nitrogen and oxygen atoms in total. The first kappa shape index (κ1) is 22.4. The summed E-state index contributed by atoms with van der Waals surface area (Å²) in [6.07, 6.45) is 1.74. The quantitative estimate of drug-likeness (QED) is 0.646. The topological polar surface area (TPSA) is 71.0 Å². The van der Waals surface area contributed by atoms with E-state index < -0.39 is 0 Å². The standard InChI is InChI=1S/C21H22ClN3O3S2/c1-21(2,3)24-18(26)12-30-20-23-16(11-14-6-5-9-29-14)19(27)25(20)13-7-8-17(28-4)15(22)10-13/h5-11H,12H2,1-4H3,(H,24,26)/b16-11+. The summed E-state index contributed by atoms with van der Waals surface area (Å²) in [5.74, 6) is 0.238. The van der Waals surface area contributed by atoms with Gasteiger partial charge in [-0.3, -0.25) is 14.5 Å². The van der Waals surface area contributed by atoms with Gasteiger partial charge in [-0.15, -0.1) is 11.3 Å². The first-order chi connectivity index (χ1) is 14.2. The maximum atomic E-state index is 13.1. The van der Waals surface area contributed by atoms with Gasteiger partial charge in [0.05, 0.1) is 23.6 Å². The van der Waals surface area contributed by atoms with Crippen LogP contribution in [0.25, 0.3) is 6.08 Å². The summed E-state index contributed by atoms with van der Waals surface area (Å²) >= 11 is 8.99. The van der Waals surface area contributed by atoms with Crippen LogP contribution in [-0.2, 0) is 9.59 Å².